The Hall–Kier alpha value is -2.43. The average Bonchev–Trinajstić information content (AvgIpc) is 2.49. The van der Waals surface area contributed by atoms with Gasteiger partial charge in [-0.1, -0.05) is 0 Å². The summed E-state index contributed by atoms with van der Waals surface area (Å²) in [6.45, 7) is 7.15. The lowest BCUT2D eigenvalue weighted by atomic mass is 9.70. The van der Waals surface area contributed by atoms with E-state index in [9.17, 15) is 9.59 Å². The minimum absolute atomic E-state index is 0.0128. The third-order valence-electron chi connectivity index (χ3n) is 4.47. The van der Waals surface area contributed by atoms with E-state index in [1.54, 1.807) is 12.1 Å². The van der Waals surface area contributed by atoms with Crippen LogP contribution in [0.25, 0.3) is 0 Å². The summed E-state index contributed by atoms with van der Waals surface area (Å²) >= 11 is 0. The molecule has 0 spiro atoms. The van der Waals surface area contributed by atoms with Gasteiger partial charge in [-0.15, -0.1) is 0 Å². The molecule has 0 N–H and O–H groups in total. The number of fused-ring (bicyclic) bond motifs is 1. The van der Waals surface area contributed by atoms with Gasteiger partial charge in [0, 0.05) is 18.2 Å². The normalized spacial score (nSPS) is 20.3. The van der Waals surface area contributed by atoms with Crippen molar-refractivity contribution < 1.29 is 9.59 Å². The van der Waals surface area contributed by atoms with E-state index in [2.05, 4.69) is 15.0 Å². The van der Waals surface area contributed by atoms with Gasteiger partial charge in [0.05, 0.1) is 16.8 Å². The molecular weight excluding hydrogens is 290 g/mol. The van der Waals surface area contributed by atoms with Crippen LogP contribution in [0.3, 0.4) is 0 Å². The Morgan fingerprint density at radius 2 is 1.91 bits per heavy atom. The van der Waals surface area contributed by atoms with Crippen molar-refractivity contribution in [2.24, 2.45) is 0 Å². The predicted molar refractivity (Wildman–Crippen MR) is 85.8 cm³/mol. The Bertz CT molecular complexity index is 809. The van der Waals surface area contributed by atoms with Gasteiger partial charge in [0.2, 0.25) is 0 Å². The van der Waals surface area contributed by atoms with E-state index in [0.29, 0.717) is 35.6 Å². The zero-order valence-corrected chi connectivity index (χ0v) is 13.8. The monoisotopic (exact) mass is 309 g/mol. The number of carbonyl (C=O) groups is 2. The van der Waals surface area contributed by atoms with Gasteiger partial charge in [-0.3, -0.25) is 9.59 Å². The van der Waals surface area contributed by atoms with Crippen LogP contribution in [-0.4, -0.2) is 26.5 Å². The molecule has 3 rings (SSSR count). The molecular formula is C18H19N3O2. The summed E-state index contributed by atoms with van der Waals surface area (Å²) in [6, 6.07) is 5.23. The van der Waals surface area contributed by atoms with Gasteiger partial charge in [-0.25, -0.2) is 15.0 Å². The van der Waals surface area contributed by atoms with E-state index in [1.807, 2.05) is 26.8 Å². The number of carbonyl (C=O) groups excluding carboxylic acids is 2. The summed E-state index contributed by atoms with van der Waals surface area (Å²) in [5.74, 6) is 0.597. The molecule has 0 saturated carbocycles. The highest BCUT2D eigenvalue weighted by atomic mass is 16.1. The molecule has 1 aliphatic rings. The molecule has 5 heteroatoms. The lowest BCUT2D eigenvalue weighted by Crippen LogP contribution is -2.39. The molecule has 5 nitrogen and oxygen atoms in total. The average molecular weight is 309 g/mol. The van der Waals surface area contributed by atoms with Crippen molar-refractivity contribution >= 4 is 11.6 Å². The summed E-state index contributed by atoms with van der Waals surface area (Å²) < 4.78 is 0. The lowest BCUT2D eigenvalue weighted by molar-refractivity contribution is 0.0868. The number of Topliss-reactive ketones (excluding diaryl/α,β-unsaturated/α-hetero) is 2. The number of hydrogen-bond donors (Lipinski definition) is 0. The standard InChI is InChI=1S/C18H19N3O2/c1-10-9-16(20-12(3)19-10)18(4)8-7-15-13(17(18)23)5-6-14(21-15)11(2)22/h5-6,9H,7-8H2,1-4H3. The van der Waals surface area contributed by atoms with Crippen molar-refractivity contribution in [3.05, 3.63) is 52.4 Å². The Kier molecular flexibility index (Phi) is 3.59. The molecule has 0 radical (unpaired) electrons. The van der Waals surface area contributed by atoms with E-state index < -0.39 is 5.41 Å². The van der Waals surface area contributed by atoms with Crippen molar-refractivity contribution in [1.82, 2.24) is 15.0 Å². The fourth-order valence-corrected chi connectivity index (χ4v) is 3.12. The van der Waals surface area contributed by atoms with Gasteiger partial charge in [-0.2, -0.15) is 0 Å². The van der Waals surface area contributed by atoms with Crippen molar-refractivity contribution in [3.8, 4) is 0 Å². The van der Waals surface area contributed by atoms with Gasteiger partial charge >= 0.3 is 0 Å². The maximum absolute atomic E-state index is 13.1. The highest BCUT2D eigenvalue weighted by molar-refractivity contribution is 6.06. The van der Waals surface area contributed by atoms with Crippen molar-refractivity contribution in [3.63, 3.8) is 0 Å². The first-order valence-electron chi connectivity index (χ1n) is 7.70. The molecule has 2 aromatic rings. The SMILES string of the molecule is CC(=O)c1ccc2c(n1)CCC(C)(c1cc(C)nc(C)n1)C2=O. The maximum Gasteiger partial charge on any atom is 0.178 e. The third-order valence-corrected chi connectivity index (χ3v) is 4.47. The zero-order valence-electron chi connectivity index (χ0n) is 13.8. The predicted octanol–water partition coefficient (Wildman–Crippen LogP) is 2.78. The molecule has 0 fully saturated rings. The molecule has 1 unspecified atom stereocenters. The summed E-state index contributed by atoms with van der Waals surface area (Å²) in [5, 5.41) is 0. The number of nitrogens with zero attached hydrogens (tertiary/aromatic N) is 3. The van der Waals surface area contributed by atoms with E-state index >= 15 is 0 Å². The number of aryl methyl sites for hydroxylation is 3. The van der Waals surface area contributed by atoms with Gasteiger partial charge in [0.15, 0.2) is 11.6 Å². The molecule has 1 atom stereocenters. The summed E-state index contributed by atoms with van der Waals surface area (Å²) in [6.07, 6.45) is 1.28. The second-order valence-corrected chi connectivity index (χ2v) is 6.35. The minimum atomic E-state index is -0.676. The van der Waals surface area contributed by atoms with Crippen LogP contribution in [0.2, 0.25) is 0 Å². The topological polar surface area (TPSA) is 72.8 Å². The number of hydrogen-bond acceptors (Lipinski definition) is 5. The number of rotatable bonds is 2. The first kappa shape index (κ1) is 15.5. The van der Waals surface area contributed by atoms with E-state index in [-0.39, 0.29) is 11.6 Å². The van der Waals surface area contributed by atoms with E-state index in [4.69, 9.17) is 0 Å². The Labute approximate surface area is 135 Å². The second-order valence-electron chi connectivity index (χ2n) is 6.35. The Balaban J connectivity index is 2.08. The maximum atomic E-state index is 13.1. The Morgan fingerprint density at radius 1 is 1.17 bits per heavy atom. The van der Waals surface area contributed by atoms with Crippen molar-refractivity contribution in [2.75, 3.05) is 0 Å². The van der Waals surface area contributed by atoms with Crippen LogP contribution in [-0.2, 0) is 11.8 Å². The third kappa shape index (κ3) is 2.56. The quantitative estimate of drug-likeness (QED) is 0.798. The van der Waals surface area contributed by atoms with Crippen LogP contribution >= 0.6 is 0 Å². The first-order valence-corrected chi connectivity index (χ1v) is 7.70. The van der Waals surface area contributed by atoms with Crippen molar-refractivity contribution in [1.29, 1.82) is 0 Å². The van der Waals surface area contributed by atoms with Crippen LogP contribution in [0, 0.1) is 13.8 Å². The summed E-state index contributed by atoms with van der Waals surface area (Å²) in [5.41, 5.74) is 2.66. The lowest BCUT2D eigenvalue weighted by Gasteiger charge is -2.32. The number of ketones is 2. The molecule has 0 bridgehead atoms. The fourth-order valence-electron chi connectivity index (χ4n) is 3.12. The van der Waals surface area contributed by atoms with Crippen LogP contribution in [0.1, 0.15) is 64.0 Å². The fraction of sp³-hybridized carbons (Fsp3) is 0.389. The van der Waals surface area contributed by atoms with Crippen molar-refractivity contribution in [2.45, 2.75) is 46.0 Å². The molecule has 1 aliphatic carbocycles. The molecule has 0 saturated heterocycles. The molecule has 0 amide bonds. The summed E-state index contributed by atoms with van der Waals surface area (Å²) in [4.78, 5) is 37.7. The van der Waals surface area contributed by atoms with Gasteiger partial charge in [0.25, 0.3) is 0 Å². The van der Waals surface area contributed by atoms with E-state index in [0.717, 1.165) is 11.4 Å². The van der Waals surface area contributed by atoms with E-state index in [1.165, 1.54) is 6.92 Å². The largest absolute Gasteiger partial charge is 0.293 e. The van der Waals surface area contributed by atoms with Gasteiger partial charge in [0.1, 0.15) is 11.5 Å². The highest BCUT2D eigenvalue weighted by Gasteiger charge is 2.42. The molecule has 0 aromatic carbocycles. The Morgan fingerprint density at radius 3 is 2.57 bits per heavy atom. The van der Waals surface area contributed by atoms with Gasteiger partial charge < -0.3 is 0 Å². The van der Waals surface area contributed by atoms with Crippen LogP contribution in [0.4, 0.5) is 0 Å². The van der Waals surface area contributed by atoms with Crippen LogP contribution < -0.4 is 0 Å². The molecule has 118 valence electrons. The molecule has 2 aromatic heterocycles. The first-order chi connectivity index (χ1) is 10.8. The van der Waals surface area contributed by atoms with Crippen LogP contribution in [0.15, 0.2) is 18.2 Å². The highest BCUT2D eigenvalue weighted by Crippen LogP contribution is 2.37. The molecule has 23 heavy (non-hydrogen) atoms. The number of pyridine rings is 1. The van der Waals surface area contributed by atoms with Gasteiger partial charge in [-0.05, 0) is 51.8 Å². The number of aromatic nitrogens is 3. The second kappa shape index (κ2) is 5.33. The molecule has 2 heterocycles. The minimum Gasteiger partial charge on any atom is -0.293 e. The smallest absolute Gasteiger partial charge is 0.178 e. The molecule has 0 aliphatic heterocycles. The van der Waals surface area contributed by atoms with Crippen LogP contribution in [0.5, 0.6) is 0 Å². The zero-order chi connectivity index (χ0) is 16.8. The summed E-state index contributed by atoms with van der Waals surface area (Å²) in [7, 11) is 0.